The smallest absolute Gasteiger partial charge is 0.137 e. The van der Waals surface area contributed by atoms with Crippen molar-refractivity contribution in [1.29, 1.82) is 5.26 Å². The van der Waals surface area contributed by atoms with Crippen LogP contribution in [0, 0.1) is 11.3 Å². The number of hydrogen-bond donors (Lipinski definition) is 0. The van der Waals surface area contributed by atoms with Crippen molar-refractivity contribution in [3.8, 4) is 6.07 Å². The molecule has 0 aromatic rings. The summed E-state index contributed by atoms with van der Waals surface area (Å²) in [4.78, 5) is 0. The van der Waals surface area contributed by atoms with E-state index in [0.29, 0.717) is 13.0 Å². The summed E-state index contributed by atoms with van der Waals surface area (Å²) in [5.41, 5.74) is 0. The minimum Gasteiger partial charge on any atom is -0.248 e. The van der Waals surface area contributed by atoms with Gasteiger partial charge >= 0.3 is 0 Å². The maximum atomic E-state index is 11.7. The van der Waals surface area contributed by atoms with Crippen molar-refractivity contribution in [2.24, 2.45) is 4.36 Å². The number of rotatable bonds is 0. The van der Waals surface area contributed by atoms with Crippen molar-refractivity contribution in [3.05, 3.63) is 0 Å². The Morgan fingerprint density at radius 1 is 1.73 bits per heavy atom. The van der Waals surface area contributed by atoms with Crippen LogP contribution in [-0.4, -0.2) is 21.8 Å². The van der Waals surface area contributed by atoms with E-state index in [1.54, 1.807) is 13.2 Å². The third kappa shape index (κ3) is 1.25. The number of hydrogen-bond acceptors (Lipinski definition) is 3. The monoisotopic (exact) mass is 172 g/mol. The summed E-state index contributed by atoms with van der Waals surface area (Å²) >= 11 is 0. The molecular weight excluding hydrogens is 160 g/mol. The lowest BCUT2D eigenvalue weighted by molar-refractivity contribution is 0.589. The topological polar surface area (TPSA) is 53.2 Å². The van der Waals surface area contributed by atoms with Gasteiger partial charge in [0.1, 0.15) is 4.75 Å². The molecule has 1 rings (SSSR count). The van der Waals surface area contributed by atoms with Crippen LogP contribution in [0.5, 0.6) is 0 Å². The molecule has 3 nitrogen and oxygen atoms in total. The van der Waals surface area contributed by atoms with Crippen LogP contribution in [0.3, 0.4) is 0 Å². The van der Waals surface area contributed by atoms with E-state index in [9.17, 15) is 4.21 Å². The SMILES string of the molecule is CC1(C#N)CCCN=S1(C)=O. The fraction of sp³-hybridized carbons (Fsp3) is 0.857. The summed E-state index contributed by atoms with van der Waals surface area (Å²) in [5.74, 6) is 0. The number of nitrogens with zero attached hydrogens (tertiary/aromatic N) is 2. The van der Waals surface area contributed by atoms with Crippen LogP contribution < -0.4 is 0 Å². The minimum atomic E-state index is -2.26. The van der Waals surface area contributed by atoms with Gasteiger partial charge in [-0.25, -0.2) is 8.57 Å². The zero-order valence-corrected chi connectivity index (χ0v) is 7.65. The molecule has 0 bridgehead atoms. The summed E-state index contributed by atoms with van der Waals surface area (Å²) in [6.07, 6.45) is 3.17. The summed E-state index contributed by atoms with van der Waals surface area (Å²) in [5, 5.41) is 8.80. The molecule has 0 fully saturated rings. The molecular formula is C7H12N2OS. The minimum absolute atomic E-state index is 0.645. The first kappa shape index (κ1) is 8.54. The maximum Gasteiger partial charge on any atom is 0.137 e. The molecule has 0 aromatic heterocycles. The van der Waals surface area contributed by atoms with E-state index in [4.69, 9.17) is 5.26 Å². The lowest BCUT2D eigenvalue weighted by atomic mass is 10.1. The molecule has 2 atom stereocenters. The molecule has 2 unspecified atom stereocenters. The van der Waals surface area contributed by atoms with Crippen LogP contribution in [0.1, 0.15) is 19.8 Å². The van der Waals surface area contributed by atoms with Crippen molar-refractivity contribution in [2.75, 3.05) is 12.8 Å². The lowest BCUT2D eigenvalue weighted by Gasteiger charge is -2.26. The van der Waals surface area contributed by atoms with Gasteiger partial charge in [-0.3, -0.25) is 0 Å². The average Bonchev–Trinajstić information content (AvgIpc) is 1.95. The zero-order valence-electron chi connectivity index (χ0n) is 6.83. The van der Waals surface area contributed by atoms with Crippen molar-refractivity contribution < 1.29 is 4.21 Å². The van der Waals surface area contributed by atoms with E-state index in [1.165, 1.54) is 0 Å². The molecule has 0 saturated heterocycles. The molecule has 1 aliphatic heterocycles. The summed E-state index contributed by atoms with van der Waals surface area (Å²) < 4.78 is 15.0. The van der Waals surface area contributed by atoms with Gasteiger partial charge in [0.25, 0.3) is 0 Å². The predicted molar refractivity (Wildman–Crippen MR) is 44.6 cm³/mol. The summed E-state index contributed by atoms with van der Waals surface area (Å²) in [7, 11) is -2.26. The van der Waals surface area contributed by atoms with Crippen LogP contribution in [0.15, 0.2) is 4.36 Å². The quantitative estimate of drug-likeness (QED) is 0.550. The third-order valence-corrected chi connectivity index (χ3v) is 4.86. The maximum absolute atomic E-state index is 11.7. The zero-order chi connectivity index (χ0) is 8.54. The normalized spacial score (nSPS) is 44.1. The van der Waals surface area contributed by atoms with E-state index >= 15 is 0 Å². The fourth-order valence-electron chi connectivity index (χ4n) is 1.13. The Labute approximate surface area is 67.6 Å². The fourth-order valence-corrected chi connectivity index (χ4v) is 2.58. The van der Waals surface area contributed by atoms with Crippen LogP contribution in [0.2, 0.25) is 0 Å². The highest BCUT2D eigenvalue weighted by Gasteiger charge is 2.35. The van der Waals surface area contributed by atoms with Crippen molar-refractivity contribution in [1.82, 2.24) is 0 Å². The Morgan fingerprint density at radius 2 is 2.36 bits per heavy atom. The Hall–Kier alpha value is -0.560. The molecule has 0 saturated carbocycles. The molecule has 0 N–H and O–H groups in total. The van der Waals surface area contributed by atoms with Gasteiger partial charge in [-0.1, -0.05) is 0 Å². The second-order valence-corrected chi connectivity index (χ2v) is 5.87. The number of nitriles is 1. The molecule has 4 heteroatoms. The van der Waals surface area contributed by atoms with Gasteiger partial charge in [0.05, 0.1) is 15.8 Å². The highest BCUT2D eigenvalue weighted by Crippen LogP contribution is 2.27. The van der Waals surface area contributed by atoms with E-state index in [0.717, 1.165) is 6.42 Å². The Balaban J connectivity index is 3.20. The standard InChI is InChI=1S/C7H12N2OS/c1-7(6-8)4-3-5-9-11(7,2)10/h3-5H2,1-2H3. The largest absolute Gasteiger partial charge is 0.248 e. The van der Waals surface area contributed by atoms with Gasteiger partial charge in [0.15, 0.2) is 0 Å². The second kappa shape index (κ2) is 2.49. The van der Waals surface area contributed by atoms with Crippen LogP contribution in [-0.2, 0) is 9.73 Å². The van der Waals surface area contributed by atoms with Gasteiger partial charge < -0.3 is 0 Å². The molecule has 0 radical (unpaired) electrons. The molecule has 0 aromatic carbocycles. The van der Waals surface area contributed by atoms with Crippen LogP contribution in [0.4, 0.5) is 0 Å². The third-order valence-electron chi connectivity index (χ3n) is 2.22. The molecule has 11 heavy (non-hydrogen) atoms. The Kier molecular flexibility index (Phi) is 1.93. The molecule has 62 valence electrons. The van der Waals surface area contributed by atoms with Crippen molar-refractivity contribution in [3.63, 3.8) is 0 Å². The van der Waals surface area contributed by atoms with E-state index in [1.807, 2.05) is 0 Å². The van der Waals surface area contributed by atoms with Crippen molar-refractivity contribution >= 4 is 9.73 Å². The molecule has 1 heterocycles. The summed E-state index contributed by atoms with van der Waals surface area (Å²) in [6, 6.07) is 2.10. The van der Waals surface area contributed by atoms with Gasteiger partial charge in [0.2, 0.25) is 0 Å². The molecule has 0 spiro atoms. The van der Waals surface area contributed by atoms with E-state index < -0.39 is 14.5 Å². The highest BCUT2D eigenvalue weighted by molar-refractivity contribution is 7.94. The Morgan fingerprint density at radius 3 is 2.73 bits per heavy atom. The van der Waals surface area contributed by atoms with E-state index in [-0.39, 0.29) is 0 Å². The van der Waals surface area contributed by atoms with Crippen LogP contribution >= 0.6 is 0 Å². The van der Waals surface area contributed by atoms with Gasteiger partial charge in [-0.05, 0) is 19.8 Å². The van der Waals surface area contributed by atoms with Gasteiger partial charge in [-0.15, -0.1) is 0 Å². The summed E-state index contributed by atoms with van der Waals surface area (Å²) in [6.45, 7) is 2.38. The lowest BCUT2D eigenvalue weighted by Crippen LogP contribution is -2.35. The first-order valence-corrected chi connectivity index (χ1v) is 5.53. The molecule has 0 amide bonds. The Bertz CT molecular complexity index is 309. The highest BCUT2D eigenvalue weighted by atomic mass is 32.2. The second-order valence-electron chi connectivity index (χ2n) is 3.10. The first-order chi connectivity index (χ1) is 5.02. The van der Waals surface area contributed by atoms with E-state index in [2.05, 4.69) is 10.4 Å². The average molecular weight is 172 g/mol. The van der Waals surface area contributed by atoms with Crippen molar-refractivity contribution in [2.45, 2.75) is 24.5 Å². The van der Waals surface area contributed by atoms with Crippen LogP contribution in [0.25, 0.3) is 0 Å². The van der Waals surface area contributed by atoms with Gasteiger partial charge in [0, 0.05) is 12.8 Å². The predicted octanol–water partition coefficient (Wildman–Crippen LogP) is 1.16. The molecule has 1 aliphatic rings. The molecule has 0 aliphatic carbocycles. The first-order valence-electron chi connectivity index (χ1n) is 3.61. The van der Waals surface area contributed by atoms with Gasteiger partial charge in [-0.2, -0.15) is 5.26 Å².